The van der Waals surface area contributed by atoms with Gasteiger partial charge in [0.05, 0.1) is 24.2 Å². The van der Waals surface area contributed by atoms with Gasteiger partial charge in [0.1, 0.15) is 5.76 Å². The molecular weight excluding hydrogens is 224 g/mol. The van der Waals surface area contributed by atoms with Gasteiger partial charge in [0.25, 0.3) is 0 Å². The van der Waals surface area contributed by atoms with Crippen LogP contribution in [0.5, 0.6) is 0 Å². The summed E-state index contributed by atoms with van der Waals surface area (Å²) in [5.74, 6) is 0.868. The first-order valence-corrected chi connectivity index (χ1v) is 5.36. The average molecular weight is 237 g/mol. The van der Waals surface area contributed by atoms with E-state index in [9.17, 15) is 0 Å². The molecule has 2 aromatic rings. The predicted octanol–water partition coefficient (Wildman–Crippen LogP) is 3.44. The Morgan fingerprint density at radius 1 is 1.44 bits per heavy atom. The van der Waals surface area contributed by atoms with E-state index >= 15 is 0 Å². The third-order valence-electron chi connectivity index (χ3n) is 2.36. The third kappa shape index (κ3) is 2.31. The summed E-state index contributed by atoms with van der Waals surface area (Å²) in [4.78, 5) is 0. The van der Waals surface area contributed by atoms with Crippen molar-refractivity contribution in [3.05, 3.63) is 46.9 Å². The Hall–Kier alpha value is -1.61. The van der Waals surface area contributed by atoms with E-state index in [2.05, 4.69) is 5.32 Å². The predicted molar refractivity (Wildman–Crippen MR) is 66.6 cm³/mol. The number of nitrogen functional groups attached to an aromatic ring is 1. The summed E-state index contributed by atoms with van der Waals surface area (Å²) in [7, 11) is 0. The maximum absolute atomic E-state index is 5.96. The number of furan rings is 1. The fraction of sp³-hybridized carbons (Fsp3) is 0.167. The topological polar surface area (TPSA) is 51.2 Å². The summed E-state index contributed by atoms with van der Waals surface area (Å²) >= 11 is 5.96. The number of hydrogen-bond acceptors (Lipinski definition) is 3. The maximum atomic E-state index is 5.96. The zero-order chi connectivity index (χ0) is 11.5. The highest BCUT2D eigenvalue weighted by molar-refractivity contribution is 6.31. The molecule has 16 heavy (non-hydrogen) atoms. The van der Waals surface area contributed by atoms with Crippen LogP contribution < -0.4 is 11.1 Å². The summed E-state index contributed by atoms with van der Waals surface area (Å²) in [6.45, 7) is 2.55. The lowest BCUT2D eigenvalue weighted by Crippen LogP contribution is -2.02. The van der Waals surface area contributed by atoms with Gasteiger partial charge in [0.15, 0.2) is 0 Å². The molecule has 3 N–H and O–H groups in total. The van der Waals surface area contributed by atoms with Crippen LogP contribution in [0.1, 0.15) is 11.3 Å². The van der Waals surface area contributed by atoms with Gasteiger partial charge in [-0.1, -0.05) is 11.6 Å². The minimum atomic E-state index is 0.609. The first-order chi connectivity index (χ1) is 7.66. The van der Waals surface area contributed by atoms with Crippen LogP contribution in [0, 0.1) is 6.92 Å². The van der Waals surface area contributed by atoms with E-state index in [0.717, 1.165) is 17.0 Å². The molecule has 0 bridgehead atoms. The minimum absolute atomic E-state index is 0.609. The lowest BCUT2D eigenvalue weighted by atomic mass is 10.2. The van der Waals surface area contributed by atoms with E-state index in [1.165, 1.54) is 0 Å². The highest BCUT2D eigenvalue weighted by atomic mass is 35.5. The fourth-order valence-corrected chi connectivity index (χ4v) is 1.62. The summed E-state index contributed by atoms with van der Waals surface area (Å²) in [5, 5.41) is 3.89. The Bertz CT molecular complexity index is 480. The maximum Gasteiger partial charge on any atom is 0.122 e. The van der Waals surface area contributed by atoms with E-state index in [1.807, 2.05) is 25.1 Å². The normalized spacial score (nSPS) is 10.4. The van der Waals surface area contributed by atoms with Crippen molar-refractivity contribution in [3.63, 3.8) is 0 Å². The van der Waals surface area contributed by atoms with Crippen molar-refractivity contribution >= 4 is 23.0 Å². The highest BCUT2D eigenvalue weighted by Gasteiger charge is 2.04. The van der Waals surface area contributed by atoms with E-state index in [1.54, 1.807) is 12.3 Å². The van der Waals surface area contributed by atoms with E-state index in [-0.39, 0.29) is 0 Å². The van der Waals surface area contributed by atoms with Gasteiger partial charge in [-0.15, -0.1) is 0 Å². The van der Waals surface area contributed by atoms with Crippen LogP contribution >= 0.6 is 11.6 Å². The smallest absolute Gasteiger partial charge is 0.122 e. The molecule has 1 aromatic heterocycles. The second-order valence-electron chi connectivity index (χ2n) is 3.62. The van der Waals surface area contributed by atoms with Crippen LogP contribution in [-0.4, -0.2) is 0 Å². The molecule has 0 aliphatic rings. The Kier molecular flexibility index (Phi) is 3.06. The Morgan fingerprint density at radius 2 is 2.25 bits per heavy atom. The number of benzene rings is 1. The number of rotatable bonds is 3. The van der Waals surface area contributed by atoms with Crippen molar-refractivity contribution < 1.29 is 4.42 Å². The Balaban J connectivity index is 2.12. The van der Waals surface area contributed by atoms with Crippen molar-refractivity contribution in [2.24, 2.45) is 0 Å². The van der Waals surface area contributed by atoms with Crippen molar-refractivity contribution in [1.82, 2.24) is 0 Å². The van der Waals surface area contributed by atoms with Gasteiger partial charge in [0, 0.05) is 5.02 Å². The molecule has 0 saturated carbocycles. The standard InChI is InChI=1S/C12H13ClN2O/c1-8-5-12(11(14)6-10(8)13)15-7-9-3-2-4-16-9/h2-6,15H,7,14H2,1H3. The molecule has 0 amide bonds. The van der Waals surface area contributed by atoms with Crippen LogP contribution in [0.2, 0.25) is 5.02 Å². The third-order valence-corrected chi connectivity index (χ3v) is 2.77. The summed E-state index contributed by atoms with van der Waals surface area (Å²) in [6.07, 6.45) is 1.65. The Morgan fingerprint density at radius 3 is 2.94 bits per heavy atom. The molecule has 0 atom stereocenters. The SMILES string of the molecule is Cc1cc(NCc2ccco2)c(N)cc1Cl. The van der Waals surface area contributed by atoms with Gasteiger partial charge in [-0.05, 0) is 36.8 Å². The summed E-state index contributed by atoms with van der Waals surface area (Å²) in [5.41, 5.74) is 8.36. The lowest BCUT2D eigenvalue weighted by Gasteiger charge is -2.10. The molecule has 3 nitrogen and oxygen atoms in total. The second kappa shape index (κ2) is 4.49. The van der Waals surface area contributed by atoms with Crippen LogP contribution in [0.15, 0.2) is 34.9 Å². The molecule has 4 heteroatoms. The molecule has 0 aliphatic heterocycles. The van der Waals surface area contributed by atoms with Crippen LogP contribution in [0.3, 0.4) is 0 Å². The minimum Gasteiger partial charge on any atom is -0.467 e. The molecule has 0 radical (unpaired) electrons. The van der Waals surface area contributed by atoms with Crippen LogP contribution in [0.4, 0.5) is 11.4 Å². The van der Waals surface area contributed by atoms with Crippen LogP contribution in [0.25, 0.3) is 0 Å². The van der Waals surface area contributed by atoms with E-state index in [0.29, 0.717) is 17.3 Å². The molecule has 0 fully saturated rings. The zero-order valence-electron chi connectivity index (χ0n) is 8.96. The molecule has 0 aliphatic carbocycles. The molecule has 0 spiro atoms. The Labute approximate surface area is 99.2 Å². The van der Waals surface area contributed by atoms with Crippen molar-refractivity contribution in [1.29, 1.82) is 0 Å². The number of aryl methyl sites for hydroxylation is 1. The largest absolute Gasteiger partial charge is 0.467 e. The quantitative estimate of drug-likeness (QED) is 0.803. The first kappa shape index (κ1) is 10.9. The second-order valence-corrected chi connectivity index (χ2v) is 4.03. The van der Waals surface area contributed by atoms with Crippen LogP contribution in [-0.2, 0) is 6.54 Å². The number of nitrogens with one attached hydrogen (secondary N) is 1. The monoisotopic (exact) mass is 236 g/mol. The number of halogens is 1. The number of anilines is 2. The van der Waals surface area contributed by atoms with Crippen molar-refractivity contribution in [2.45, 2.75) is 13.5 Å². The molecular formula is C12H13ClN2O. The molecule has 0 unspecified atom stereocenters. The number of hydrogen-bond donors (Lipinski definition) is 2. The average Bonchev–Trinajstić information content (AvgIpc) is 2.74. The highest BCUT2D eigenvalue weighted by Crippen LogP contribution is 2.26. The van der Waals surface area contributed by atoms with Gasteiger partial charge in [-0.25, -0.2) is 0 Å². The van der Waals surface area contributed by atoms with Gasteiger partial charge in [0.2, 0.25) is 0 Å². The van der Waals surface area contributed by atoms with Crippen molar-refractivity contribution in [2.75, 3.05) is 11.1 Å². The fourth-order valence-electron chi connectivity index (χ4n) is 1.45. The number of nitrogens with two attached hydrogens (primary N) is 1. The molecule has 1 heterocycles. The lowest BCUT2D eigenvalue weighted by molar-refractivity contribution is 0.518. The first-order valence-electron chi connectivity index (χ1n) is 4.98. The van der Waals surface area contributed by atoms with Gasteiger partial charge < -0.3 is 15.5 Å². The zero-order valence-corrected chi connectivity index (χ0v) is 9.71. The summed E-state index contributed by atoms with van der Waals surface area (Å²) in [6, 6.07) is 7.45. The molecule has 0 saturated heterocycles. The summed E-state index contributed by atoms with van der Waals surface area (Å²) < 4.78 is 5.22. The molecule has 84 valence electrons. The van der Waals surface area contributed by atoms with Crippen molar-refractivity contribution in [3.8, 4) is 0 Å². The molecule has 1 aromatic carbocycles. The van der Waals surface area contributed by atoms with E-state index < -0.39 is 0 Å². The van der Waals surface area contributed by atoms with E-state index in [4.69, 9.17) is 21.8 Å². The van der Waals surface area contributed by atoms with Gasteiger partial charge >= 0.3 is 0 Å². The molecule has 2 rings (SSSR count). The van der Waals surface area contributed by atoms with Gasteiger partial charge in [-0.2, -0.15) is 0 Å². The van der Waals surface area contributed by atoms with Gasteiger partial charge in [-0.3, -0.25) is 0 Å².